The number of halogens is 3. The zero-order valence-corrected chi connectivity index (χ0v) is 18.8. The maximum Gasteiger partial charge on any atom is 0.416 e. The van der Waals surface area contributed by atoms with Gasteiger partial charge in [0, 0.05) is 43.0 Å². The standard InChI is InChI=1S/C21H23F3N2O3S2/c1-3-30-19-9-8-17(31(2,28)29)14-18(19)20(27)26-12-10-25(11-13-26)16-6-4-15(5-7-16)21(22,23)24/h4-9,14H,3,10-13H2,1-2H3. The van der Waals surface area contributed by atoms with Crippen LogP contribution in [0.3, 0.4) is 0 Å². The van der Waals surface area contributed by atoms with Crippen molar-refractivity contribution in [1.82, 2.24) is 4.90 Å². The average Bonchev–Trinajstić information content (AvgIpc) is 2.72. The molecule has 1 amide bonds. The van der Waals surface area contributed by atoms with E-state index in [9.17, 15) is 26.4 Å². The highest BCUT2D eigenvalue weighted by Crippen LogP contribution is 2.31. The Kier molecular flexibility index (Phi) is 6.90. The Morgan fingerprint density at radius 2 is 1.65 bits per heavy atom. The van der Waals surface area contributed by atoms with Gasteiger partial charge < -0.3 is 9.80 Å². The molecule has 0 radical (unpaired) electrons. The maximum atomic E-state index is 13.1. The van der Waals surface area contributed by atoms with E-state index in [4.69, 9.17) is 0 Å². The van der Waals surface area contributed by atoms with Crippen molar-refractivity contribution in [2.24, 2.45) is 0 Å². The van der Waals surface area contributed by atoms with Crippen LogP contribution in [0.15, 0.2) is 52.3 Å². The molecule has 0 aliphatic carbocycles. The third-order valence-electron chi connectivity index (χ3n) is 5.04. The van der Waals surface area contributed by atoms with E-state index in [1.165, 1.54) is 36.0 Å². The number of rotatable bonds is 5. The molecule has 168 valence electrons. The predicted molar refractivity (Wildman–Crippen MR) is 116 cm³/mol. The molecule has 0 spiro atoms. The predicted octanol–water partition coefficient (Wildman–Crippen LogP) is 4.18. The van der Waals surface area contributed by atoms with Crippen molar-refractivity contribution in [2.45, 2.75) is 22.9 Å². The van der Waals surface area contributed by atoms with Crippen LogP contribution in [0.2, 0.25) is 0 Å². The first-order chi connectivity index (χ1) is 14.5. The van der Waals surface area contributed by atoms with Gasteiger partial charge in [-0.2, -0.15) is 13.2 Å². The number of amides is 1. The molecular formula is C21H23F3N2O3S2. The zero-order chi connectivity index (χ0) is 22.8. The fraction of sp³-hybridized carbons (Fsp3) is 0.381. The SMILES string of the molecule is CCSc1ccc(S(C)(=O)=O)cc1C(=O)N1CCN(c2ccc(C(F)(F)F)cc2)CC1. The van der Waals surface area contributed by atoms with Crippen molar-refractivity contribution >= 4 is 33.2 Å². The van der Waals surface area contributed by atoms with Crippen molar-refractivity contribution in [3.63, 3.8) is 0 Å². The highest BCUT2D eigenvalue weighted by molar-refractivity contribution is 7.99. The molecule has 0 N–H and O–H groups in total. The second-order valence-electron chi connectivity index (χ2n) is 7.19. The molecule has 1 saturated heterocycles. The molecule has 1 aliphatic rings. The molecule has 10 heteroatoms. The summed E-state index contributed by atoms with van der Waals surface area (Å²) in [6, 6.07) is 9.58. The zero-order valence-electron chi connectivity index (χ0n) is 17.1. The lowest BCUT2D eigenvalue weighted by molar-refractivity contribution is -0.137. The van der Waals surface area contributed by atoms with Crippen LogP contribution in [0.25, 0.3) is 0 Å². The molecule has 5 nitrogen and oxygen atoms in total. The molecule has 1 aliphatic heterocycles. The fourth-order valence-corrected chi connectivity index (χ4v) is 4.81. The first-order valence-corrected chi connectivity index (χ1v) is 12.6. The van der Waals surface area contributed by atoms with E-state index in [1.807, 2.05) is 11.8 Å². The Morgan fingerprint density at radius 1 is 1.03 bits per heavy atom. The number of nitrogens with zero attached hydrogens (tertiary/aromatic N) is 2. The normalized spacial score (nSPS) is 15.3. The van der Waals surface area contributed by atoms with Gasteiger partial charge in [0.2, 0.25) is 0 Å². The van der Waals surface area contributed by atoms with Gasteiger partial charge >= 0.3 is 6.18 Å². The number of alkyl halides is 3. The second kappa shape index (κ2) is 9.12. The number of carbonyl (C=O) groups excluding carboxylic acids is 1. The number of benzene rings is 2. The highest BCUT2D eigenvalue weighted by Gasteiger charge is 2.30. The van der Waals surface area contributed by atoms with Crippen molar-refractivity contribution < 1.29 is 26.4 Å². The summed E-state index contributed by atoms with van der Waals surface area (Å²) in [4.78, 5) is 17.6. The van der Waals surface area contributed by atoms with E-state index in [2.05, 4.69) is 0 Å². The maximum absolute atomic E-state index is 13.1. The van der Waals surface area contributed by atoms with Crippen molar-refractivity contribution in [1.29, 1.82) is 0 Å². The van der Waals surface area contributed by atoms with Crippen molar-refractivity contribution in [2.75, 3.05) is 43.1 Å². The molecule has 0 aromatic heterocycles. The topological polar surface area (TPSA) is 57.7 Å². The summed E-state index contributed by atoms with van der Waals surface area (Å²) in [5, 5.41) is 0. The lowest BCUT2D eigenvalue weighted by Gasteiger charge is -2.36. The second-order valence-corrected chi connectivity index (χ2v) is 10.5. The highest BCUT2D eigenvalue weighted by atomic mass is 32.2. The van der Waals surface area contributed by atoms with Crippen LogP contribution < -0.4 is 4.90 Å². The minimum absolute atomic E-state index is 0.0969. The Hall–Kier alpha value is -2.20. The fourth-order valence-electron chi connectivity index (χ4n) is 3.39. The van der Waals surface area contributed by atoms with Gasteiger partial charge in [-0.1, -0.05) is 6.92 Å². The van der Waals surface area contributed by atoms with Crippen LogP contribution in [0.4, 0.5) is 18.9 Å². The van der Waals surface area contributed by atoms with Gasteiger partial charge in [0.1, 0.15) is 0 Å². The van der Waals surface area contributed by atoms with Crippen LogP contribution in [-0.4, -0.2) is 57.4 Å². The summed E-state index contributed by atoms with van der Waals surface area (Å²) in [5.74, 6) is 0.494. The van der Waals surface area contributed by atoms with Gasteiger partial charge in [0.25, 0.3) is 5.91 Å². The van der Waals surface area contributed by atoms with E-state index in [-0.39, 0.29) is 10.8 Å². The Balaban J connectivity index is 1.74. The van der Waals surface area contributed by atoms with E-state index in [0.717, 1.165) is 29.0 Å². The van der Waals surface area contributed by atoms with E-state index >= 15 is 0 Å². The van der Waals surface area contributed by atoms with Gasteiger partial charge in [-0.05, 0) is 48.2 Å². The smallest absolute Gasteiger partial charge is 0.368 e. The number of thioether (sulfide) groups is 1. The number of hydrogen-bond acceptors (Lipinski definition) is 5. The molecule has 0 atom stereocenters. The summed E-state index contributed by atoms with van der Waals surface area (Å²) in [6.07, 6.45) is -3.27. The third kappa shape index (κ3) is 5.54. The summed E-state index contributed by atoms with van der Waals surface area (Å²) in [7, 11) is -3.45. The lowest BCUT2D eigenvalue weighted by Crippen LogP contribution is -2.49. The van der Waals surface area contributed by atoms with Crippen molar-refractivity contribution in [3.05, 3.63) is 53.6 Å². The average molecular weight is 473 g/mol. The minimum Gasteiger partial charge on any atom is -0.368 e. The van der Waals surface area contributed by atoms with Crippen LogP contribution in [-0.2, 0) is 16.0 Å². The molecule has 3 rings (SSSR count). The number of piperazine rings is 1. The molecule has 2 aromatic carbocycles. The van der Waals surface area contributed by atoms with Crippen LogP contribution in [0, 0.1) is 0 Å². The first-order valence-electron chi connectivity index (χ1n) is 9.69. The summed E-state index contributed by atoms with van der Waals surface area (Å²) < 4.78 is 62.1. The lowest BCUT2D eigenvalue weighted by atomic mass is 10.1. The number of sulfone groups is 1. The van der Waals surface area contributed by atoms with E-state index < -0.39 is 21.6 Å². The van der Waals surface area contributed by atoms with Gasteiger partial charge in [0.05, 0.1) is 16.0 Å². The monoisotopic (exact) mass is 472 g/mol. The Morgan fingerprint density at radius 3 is 2.16 bits per heavy atom. The van der Waals surface area contributed by atoms with Gasteiger partial charge in [0.15, 0.2) is 9.84 Å². The van der Waals surface area contributed by atoms with E-state index in [1.54, 1.807) is 11.0 Å². The number of anilines is 1. The summed E-state index contributed by atoms with van der Waals surface area (Å²) in [5.41, 5.74) is 0.330. The van der Waals surface area contributed by atoms with Crippen molar-refractivity contribution in [3.8, 4) is 0 Å². The summed E-state index contributed by atoms with van der Waals surface area (Å²) >= 11 is 1.47. The number of hydrogen-bond donors (Lipinski definition) is 0. The quantitative estimate of drug-likeness (QED) is 0.611. The molecule has 0 unspecified atom stereocenters. The van der Waals surface area contributed by atoms with Crippen LogP contribution >= 0.6 is 11.8 Å². The summed E-state index contributed by atoms with van der Waals surface area (Å²) in [6.45, 7) is 3.67. The molecule has 2 aromatic rings. The molecule has 31 heavy (non-hydrogen) atoms. The van der Waals surface area contributed by atoms with E-state index in [0.29, 0.717) is 37.4 Å². The minimum atomic E-state index is -4.38. The molecular weight excluding hydrogens is 449 g/mol. The van der Waals surface area contributed by atoms with Gasteiger partial charge in [-0.15, -0.1) is 11.8 Å². The first kappa shape index (κ1) is 23.5. The van der Waals surface area contributed by atoms with Crippen LogP contribution in [0.5, 0.6) is 0 Å². The number of carbonyl (C=O) groups is 1. The Labute approximate surface area is 184 Å². The van der Waals surface area contributed by atoms with Crippen LogP contribution in [0.1, 0.15) is 22.8 Å². The molecule has 0 bridgehead atoms. The van der Waals surface area contributed by atoms with Gasteiger partial charge in [-0.25, -0.2) is 8.42 Å². The largest absolute Gasteiger partial charge is 0.416 e. The molecule has 0 saturated carbocycles. The third-order valence-corrected chi connectivity index (χ3v) is 7.10. The molecule has 1 fully saturated rings. The van der Waals surface area contributed by atoms with Gasteiger partial charge in [-0.3, -0.25) is 4.79 Å². The molecule has 1 heterocycles. The Bertz CT molecular complexity index is 1050.